The average Bonchev–Trinajstić information content (AvgIpc) is 2.43. The highest BCUT2D eigenvalue weighted by Crippen LogP contribution is 2.09. The Balaban J connectivity index is 2.17. The third-order valence-electron chi connectivity index (χ3n) is 2.41. The zero-order chi connectivity index (χ0) is 12.8. The Labute approximate surface area is 106 Å². The van der Waals surface area contributed by atoms with Crippen molar-refractivity contribution in [2.75, 3.05) is 5.43 Å². The van der Waals surface area contributed by atoms with Gasteiger partial charge in [0.05, 0.1) is 5.69 Å². The molecular weight excluding hydrogens is 224 g/mol. The van der Waals surface area contributed by atoms with Crippen molar-refractivity contribution in [3.8, 4) is 6.07 Å². The number of aromatic nitrogens is 1. The molecule has 0 saturated heterocycles. The lowest BCUT2D eigenvalue weighted by Crippen LogP contribution is -2.01. The highest BCUT2D eigenvalue weighted by atomic mass is 15.3. The van der Waals surface area contributed by atoms with E-state index >= 15 is 0 Å². The number of hydrogen-bond donors (Lipinski definition) is 1. The van der Waals surface area contributed by atoms with Gasteiger partial charge >= 0.3 is 0 Å². The molecule has 1 N–H and O–H groups in total. The number of nitrogens with one attached hydrogen (secondary N) is 1. The van der Waals surface area contributed by atoms with Crippen LogP contribution in [-0.4, -0.2) is 10.7 Å². The van der Waals surface area contributed by atoms with Gasteiger partial charge in [0.1, 0.15) is 6.07 Å². The Kier molecular flexibility index (Phi) is 3.67. The van der Waals surface area contributed by atoms with Crippen LogP contribution in [0, 0.1) is 18.3 Å². The van der Waals surface area contributed by atoms with E-state index in [1.807, 2.05) is 31.2 Å². The molecule has 0 amide bonds. The maximum Gasteiger partial charge on any atom is 0.168 e. The molecule has 0 aliphatic carbocycles. The minimum absolute atomic E-state index is 0.331. The molecule has 0 saturated carbocycles. The van der Waals surface area contributed by atoms with E-state index in [1.165, 1.54) is 5.56 Å². The van der Waals surface area contributed by atoms with E-state index in [2.05, 4.69) is 21.6 Å². The highest BCUT2D eigenvalue weighted by molar-refractivity contribution is 6.11. The summed E-state index contributed by atoms with van der Waals surface area (Å²) in [6, 6.07) is 13.4. The fourth-order valence-corrected chi connectivity index (χ4v) is 1.41. The molecule has 0 unspecified atom stereocenters. The molecule has 0 aliphatic rings. The lowest BCUT2D eigenvalue weighted by atomic mass is 10.2. The van der Waals surface area contributed by atoms with Crippen molar-refractivity contribution < 1.29 is 0 Å². The maximum atomic E-state index is 9.06. The van der Waals surface area contributed by atoms with Crippen LogP contribution < -0.4 is 5.43 Å². The lowest BCUT2D eigenvalue weighted by molar-refractivity contribution is 1.30. The summed E-state index contributed by atoms with van der Waals surface area (Å²) in [4.78, 5) is 3.91. The molecule has 4 heteroatoms. The van der Waals surface area contributed by atoms with E-state index < -0.39 is 0 Å². The van der Waals surface area contributed by atoms with Gasteiger partial charge in [-0.05, 0) is 31.2 Å². The fourth-order valence-electron chi connectivity index (χ4n) is 1.41. The molecule has 0 radical (unpaired) electrons. The van der Waals surface area contributed by atoms with Crippen LogP contribution in [0.2, 0.25) is 0 Å². The summed E-state index contributed by atoms with van der Waals surface area (Å²) in [7, 11) is 0. The molecule has 0 bridgehead atoms. The lowest BCUT2D eigenvalue weighted by Gasteiger charge is -2.02. The summed E-state index contributed by atoms with van der Waals surface area (Å²) in [5.41, 5.74) is 5.97. The van der Waals surface area contributed by atoms with Crippen molar-refractivity contribution in [3.05, 3.63) is 59.9 Å². The number of hydrogen-bond acceptors (Lipinski definition) is 4. The van der Waals surface area contributed by atoms with Gasteiger partial charge < -0.3 is 0 Å². The van der Waals surface area contributed by atoms with Crippen LogP contribution in [0.1, 0.15) is 11.1 Å². The molecule has 18 heavy (non-hydrogen) atoms. The molecule has 1 aromatic heterocycles. The normalized spacial score (nSPS) is 10.8. The Morgan fingerprint density at radius 1 is 1.17 bits per heavy atom. The van der Waals surface area contributed by atoms with Crippen molar-refractivity contribution in [2.24, 2.45) is 5.10 Å². The molecule has 0 fully saturated rings. The first-order valence-electron chi connectivity index (χ1n) is 5.50. The Hall–Kier alpha value is -2.67. The van der Waals surface area contributed by atoms with Gasteiger partial charge in [-0.25, -0.2) is 0 Å². The SMILES string of the molecule is Cc1ccc(N/N=C(\C#N)c2ccncc2)cc1. The van der Waals surface area contributed by atoms with Gasteiger partial charge in [-0.3, -0.25) is 10.4 Å². The summed E-state index contributed by atoms with van der Waals surface area (Å²) in [6.07, 6.45) is 3.27. The van der Waals surface area contributed by atoms with Crippen molar-refractivity contribution in [1.29, 1.82) is 5.26 Å². The predicted octanol–water partition coefficient (Wildman–Crippen LogP) is 2.73. The molecule has 2 aromatic rings. The van der Waals surface area contributed by atoms with Crippen molar-refractivity contribution in [1.82, 2.24) is 4.98 Å². The molecular formula is C14H12N4. The predicted molar refractivity (Wildman–Crippen MR) is 71.2 cm³/mol. The number of benzene rings is 1. The average molecular weight is 236 g/mol. The summed E-state index contributed by atoms with van der Waals surface area (Å²) >= 11 is 0. The first-order chi connectivity index (χ1) is 8.79. The monoisotopic (exact) mass is 236 g/mol. The number of rotatable bonds is 3. The molecule has 1 aromatic carbocycles. The summed E-state index contributed by atoms with van der Waals surface area (Å²) in [5, 5.41) is 13.2. The van der Waals surface area contributed by atoms with Crippen molar-refractivity contribution >= 4 is 11.4 Å². The standard InChI is InChI=1S/C14H12N4/c1-11-2-4-13(5-3-11)17-18-14(10-15)12-6-8-16-9-7-12/h2-9,17H,1H3/b18-14+. The third kappa shape index (κ3) is 2.92. The van der Waals surface area contributed by atoms with E-state index in [9.17, 15) is 0 Å². The molecule has 0 spiro atoms. The van der Waals surface area contributed by atoms with E-state index in [4.69, 9.17) is 5.26 Å². The Bertz CT molecular complexity index is 579. The molecule has 88 valence electrons. The van der Waals surface area contributed by atoms with Crippen LogP contribution in [0.4, 0.5) is 5.69 Å². The number of anilines is 1. The topological polar surface area (TPSA) is 61.1 Å². The summed E-state index contributed by atoms with van der Waals surface area (Å²) in [5.74, 6) is 0. The van der Waals surface area contributed by atoms with Crippen LogP contribution in [0.15, 0.2) is 53.9 Å². The minimum atomic E-state index is 0.331. The van der Waals surface area contributed by atoms with Crippen LogP contribution in [0.25, 0.3) is 0 Å². The van der Waals surface area contributed by atoms with Gasteiger partial charge in [0.15, 0.2) is 5.71 Å². The van der Waals surface area contributed by atoms with Gasteiger partial charge in [0.25, 0.3) is 0 Å². The minimum Gasteiger partial charge on any atom is -0.277 e. The molecule has 0 aliphatic heterocycles. The first-order valence-corrected chi connectivity index (χ1v) is 5.50. The second-order valence-corrected chi connectivity index (χ2v) is 3.79. The quantitative estimate of drug-likeness (QED) is 0.658. The molecule has 4 nitrogen and oxygen atoms in total. The van der Waals surface area contributed by atoms with Crippen LogP contribution in [0.5, 0.6) is 0 Å². The van der Waals surface area contributed by atoms with Gasteiger partial charge in [-0.2, -0.15) is 10.4 Å². The maximum absolute atomic E-state index is 9.06. The summed E-state index contributed by atoms with van der Waals surface area (Å²) < 4.78 is 0. The van der Waals surface area contributed by atoms with Gasteiger partial charge in [-0.15, -0.1) is 0 Å². The first kappa shape index (κ1) is 11.8. The number of nitriles is 1. The zero-order valence-electron chi connectivity index (χ0n) is 9.96. The zero-order valence-corrected chi connectivity index (χ0v) is 9.96. The molecule has 1 heterocycles. The van der Waals surface area contributed by atoms with Crippen LogP contribution in [0.3, 0.4) is 0 Å². The Morgan fingerprint density at radius 3 is 2.44 bits per heavy atom. The molecule has 2 rings (SSSR count). The van der Waals surface area contributed by atoms with Crippen molar-refractivity contribution in [3.63, 3.8) is 0 Å². The van der Waals surface area contributed by atoms with Crippen LogP contribution >= 0.6 is 0 Å². The van der Waals surface area contributed by atoms with E-state index in [-0.39, 0.29) is 0 Å². The molecule has 0 atom stereocenters. The second kappa shape index (κ2) is 5.60. The Morgan fingerprint density at radius 2 is 1.83 bits per heavy atom. The second-order valence-electron chi connectivity index (χ2n) is 3.79. The highest BCUT2D eigenvalue weighted by Gasteiger charge is 2.01. The largest absolute Gasteiger partial charge is 0.277 e. The smallest absolute Gasteiger partial charge is 0.168 e. The number of aryl methyl sites for hydroxylation is 1. The fraction of sp³-hybridized carbons (Fsp3) is 0.0714. The number of nitrogens with zero attached hydrogens (tertiary/aromatic N) is 3. The summed E-state index contributed by atoms with van der Waals surface area (Å²) in [6.45, 7) is 2.02. The number of hydrazone groups is 1. The van der Waals surface area contributed by atoms with Gasteiger partial charge in [-0.1, -0.05) is 17.7 Å². The van der Waals surface area contributed by atoms with Crippen molar-refractivity contribution in [2.45, 2.75) is 6.92 Å². The third-order valence-corrected chi connectivity index (χ3v) is 2.41. The van der Waals surface area contributed by atoms with E-state index in [1.54, 1.807) is 24.5 Å². The van der Waals surface area contributed by atoms with Gasteiger partial charge in [0.2, 0.25) is 0 Å². The van der Waals surface area contributed by atoms with E-state index in [0.717, 1.165) is 11.3 Å². The van der Waals surface area contributed by atoms with E-state index in [0.29, 0.717) is 5.71 Å². The van der Waals surface area contributed by atoms with Crippen LogP contribution in [-0.2, 0) is 0 Å². The van der Waals surface area contributed by atoms with Gasteiger partial charge in [0, 0.05) is 18.0 Å². The number of pyridine rings is 1.